The van der Waals surface area contributed by atoms with E-state index in [0.717, 1.165) is 40.4 Å². The summed E-state index contributed by atoms with van der Waals surface area (Å²) in [6, 6.07) is 17.6. The van der Waals surface area contributed by atoms with E-state index in [1.54, 1.807) is 19.5 Å². The maximum atomic E-state index is 12.7. The molecule has 0 bridgehead atoms. The number of amides is 1. The number of thiocarbonyl (C=S) groups is 1. The van der Waals surface area contributed by atoms with Crippen LogP contribution >= 0.6 is 12.2 Å². The Morgan fingerprint density at radius 3 is 2.56 bits per heavy atom. The molecule has 0 radical (unpaired) electrons. The van der Waals surface area contributed by atoms with E-state index in [2.05, 4.69) is 51.1 Å². The molecular weight excluding hydrogens is 532 g/mol. The third kappa shape index (κ3) is 5.67. The van der Waals surface area contributed by atoms with E-state index in [-0.39, 0.29) is 18.0 Å². The molecule has 4 aromatic rings. The third-order valence-corrected chi connectivity index (χ3v) is 7.80. The summed E-state index contributed by atoms with van der Waals surface area (Å²) in [4.78, 5) is 23.8. The Morgan fingerprint density at radius 2 is 1.90 bits per heavy atom. The number of aryl methyl sites for hydroxylation is 1. The summed E-state index contributed by atoms with van der Waals surface area (Å²) in [5, 5.41) is 7.14. The molecule has 2 atom stereocenters. The van der Waals surface area contributed by atoms with E-state index >= 15 is 0 Å². The minimum atomic E-state index is -0.538. The molecule has 41 heavy (non-hydrogen) atoms. The van der Waals surface area contributed by atoms with Crippen LogP contribution in [0.5, 0.6) is 5.75 Å². The Hall–Kier alpha value is -4.24. The van der Waals surface area contributed by atoms with Crippen molar-refractivity contribution in [2.75, 3.05) is 17.3 Å². The van der Waals surface area contributed by atoms with Gasteiger partial charge in [-0.3, -0.25) is 14.8 Å². The van der Waals surface area contributed by atoms with Crippen LogP contribution in [0, 0.1) is 19.3 Å². The van der Waals surface area contributed by atoms with Crippen molar-refractivity contribution >= 4 is 34.6 Å². The van der Waals surface area contributed by atoms with Crippen LogP contribution in [0.1, 0.15) is 61.1 Å². The summed E-state index contributed by atoms with van der Waals surface area (Å²) in [6.07, 6.45) is 5.50. The maximum Gasteiger partial charge on any atom is 0.229 e. The summed E-state index contributed by atoms with van der Waals surface area (Å²) in [6.45, 7) is 10.6. The van der Waals surface area contributed by atoms with Gasteiger partial charge in [0.05, 0.1) is 30.6 Å². The number of rotatable bonds is 7. The number of methoxy groups -OCH3 is 1. The zero-order chi connectivity index (χ0) is 29.3. The van der Waals surface area contributed by atoms with Crippen molar-refractivity contribution in [2.24, 2.45) is 5.41 Å². The fraction of sp³-hybridized carbons (Fsp3) is 0.312. The molecule has 4 heterocycles. The lowest BCUT2D eigenvalue weighted by molar-refractivity contribution is -0.123. The Balaban J connectivity index is 1.59. The van der Waals surface area contributed by atoms with Crippen molar-refractivity contribution < 1.29 is 9.53 Å². The highest BCUT2D eigenvalue weighted by Crippen LogP contribution is 2.45. The van der Waals surface area contributed by atoms with Gasteiger partial charge >= 0.3 is 0 Å². The Bertz CT molecular complexity index is 1560. The maximum absolute atomic E-state index is 12.7. The Labute approximate surface area is 246 Å². The zero-order valence-electron chi connectivity index (χ0n) is 24.3. The second-order valence-corrected chi connectivity index (χ2v) is 11.7. The van der Waals surface area contributed by atoms with Gasteiger partial charge < -0.3 is 24.8 Å². The predicted octanol–water partition coefficient (Wildman–Crippen LogP) is 6.11. The summed E-state index contributed by atoms with van der Waals surface area (Å²) in [5.74, 6) is 0.473. The van der Waals surface area contributed by atoms with Gasteiger partial charge in [-0.25, -0.2) is 0 Å². The van der Waals surface area contributed by atoms with Crippen LogP contribution in [0.2, 0.25) is 0 Å². The van der Waals surface area contributed by atoms with Crippen LogP contribution in [-0.2, 0) is 11.3 Å². The van der Waals surface area contributed by atoms with Crippen LogP contribution in [0.15, 0.2) is 73.2 Å². The van der Waals surface area contributed by atoms with Gasteiger partial charge in [0.15, 0.2) is 5.11 Å². The summed E-state index contributed by atoms with van der Waals surface area (Å²) >= 11 is 5.96. The summed E-state index contributed by atoms with van der Waals surface area (Å²) < 4.78 is 8.05. The number of pyridine rings is 2. The molecule has 3 aromatic heterocycles. The second kappa shape index (κ2) is 11.3. The van der Waals surface area contributed by atoms with E-state index in [1.807, 2.05) is 69.4 Å². The smallest absolute Gasteiger partial charge is 0.229 e. The molecule has 0 spiro atoms. The average molecular weight is 569 g/mol. The highest BCUT2D eigenvalue weighted by atomic mass is 32.1. The number of aromatic nitrogens is 3. The van der Waals surface area contributed by atoms with Crippen molar-refractivity contribution in [2.45, 2.75) is 53.2 Å². The molecule has 9 heteroatoms. The van der Waals surface area contributed by atoms with Gasteiger partial charge in [0, 0.05) is 53.7 Å². The number of hydrogen-bond acceptors (Lipinski definition) is 5. The van der Waals surface area contributed by atoms with Crippen LogP contribution in [-0.4, -0.2) is 32.7 Å². The van der Waals surface area contributed by atoms with Crippen LogP contribution < -0.4 is 20.3 Å². The van der Waals surface area contributed by atoms with Gasteiger partial charge in [-0.2, -0.15) is 0 Å². The third-order valence-electron chi connectivity index (χ3n) is 7.49. The lowest BCUT2D eigenvalue weighted by Gasteiger charge is -2.29. The fourth-order valence-electron chi connectivity index (χ4n) is 5.24. The number of hydrogen-bond donors (Lipinski definition) is 2. The predicted molar refractivity (Wildman–Crippen MR) is 166 cm³/mol. The highest BCUT2D eigenvalue weighted by molar-refractivity contribution is 7.80. The van der Waals surface area contributed by atoms with Gasteiger partial charge in [0.25, 0.3) is 0 Å². The van der Waals surface area contributed by atoms with Gasteiger partial charge in [-0.05, 0) is 73.6 Å². The number of nitrogens with zero attached hydrogens (tertiary/aromatic N) is 4. The topological polar surface area (TPSA) is 84.3 Å². The molecule has 1 aliphatic rings. The van der Waals surface area contributed by atoms with E-state index in [4.69, 9.17) is 21.9 Å². The fourth-order valence-corrected chi connectivity index (χ4v) is 5.58. The lowest BCUT2D eigenvalue weighted by atomic mass is 9.95. The van der Waals surface area contributed by atoms with Crippen LogP contribution in [0.25, 0.3) is 0 Å². The van der Waals surface area contributed by atoms with E-state index in [0.29, 0.717) is 16.5 Å². The molecule has 1 amide bonds. The SMILES string of the molecule is COc1cc(N2C(=S)N[C@@H](c3ccccn3)[C@H]2c2cc(C)n(Cc3cccnc3)c2C)ccc1NC(=O)C(C)(C)C. The first kappa shape index (κ1) is 28.3. The van der Waals surface area contributed by atoms with E-state index in [1.165, 1.54) is 0 Å². The van der Waals surface area contributed by atoms with E-state index < -0.39 is 5.41 Å². The largest absolute Gasteiger partial charge is 0.494 e. The summed E-state index contributed by atoms with van der Waals surface area (Å²) in [5.41, 5.74) is 6.42. The number of benzene rings is 1. The first-order chi connectivity index (χ1) is 19.6. The van der Waals surface area contributed by atoms with Crippen LogP contribution in [0.3, 0.4) is 0 Å². The number of nitrogens with one attached hydrogen (secondary N) is 2. The number of ether oxygens (including phenoxy) is 1. The van der Waals surface area contributed by atoms with Crippen molar-refractivity contribution in [3.8, 4) is 5.75 Å². The molecule has 1 aromatic carbocycles. The minimum absolute atomic E-state index is 0.0870. The first-order valence-corrected chi connectivity index (χ1v) is 14.0. The summed E-state index contributed by atoms with van der Waals surface area (Å²) in [7, 11) is 1.60. The number of anilines is 2. The molecule has 1 saturated heterocycles. The number of carbonyl (C=O) groups excluding carboxylic acids is 1. The van der Waals surface area contributed by atoms with Crippen molar-refractivity contribution in [1.82, 2.24) is 19.9 Å². The Kier molecular flexibility index (Phi) is 7.82. The first-order valence-electron chi connectivity index (χ1n) is 13.6. The molecular formula is C32H36N6O2S. The molecule has 5 rings (SSSR count). The lowest BCUT2D eigenvalue weighted by Crippen LogP contribution is -2.30. The molecule has 1 fully saturated rings. The quantitative estimate of drug-likeness (QED) is 0.260. The van der Waals surface area contributed by atoms with Gasteiger partial charge in [-0.1, -0.05) is 32.9 Å². The number of carbonyl (C=O) groups is 1. The molecule has 2 N–H and O–H groups in total. The van der Waals surface area contributed by atoms with Crippen LogP contribution in [0.4, 0.5) is 11.4 Å². The molecule has 0 unspecified atom stereocenters. The van der Waals surface area contributed by atoms with Crippen molar-refractivity contribution in [3.05, 3.63) is 101 Å². The average Bonchev–Trinajstić information content (AvgIpc) is 3.44. The van der Waals surface area contributed by atoms with Gasteiger partial charge in [0.2, 0.25) is 5.91 Å². The van der Waals surface area contributed by atoms with Crippen molar-refractivity contribution in [1.29, 1.82) is 0 Å². The van der Waals surface area contributed by atoms with Crippen molar-refractivity contribution in [3.63, 3.8) is 0 Å². The normalized spacial score (nSPS) is 16.9. The van der Waals surface area contributed by atoms with Gasteiger partial charge in [0.1, 0.15) is 5.75 Å². The molecule has 0 aliphatic carbocycles. The monoisotopic (exact) mass is 568 g/mol. The molecule has 1 aliphatic heterocycles. The molecule has 0 saturated carbocycles. The standard InChI is InChI=1S/C32H36N6O2S/c1-20-16-24(21(2)37(20)19-22-10-9-14-33-18-22)29-28(26-11-7-8-15-34-26)36-31(41)38(29)23-12-13-25(27(17-23)40-6)35-30(39)32(3,4)5/h7-18,28-29H,19H2,1-6H3,(H,35,39)(H,36,41)/t28-,29+/m0/s1. The second-order valence-electron chi connectivity index (χ2n) is 11.4. The molecule has 8 nitrogen and oxygen atoms in total. The highest BCUT2D eigenvalue weighted by Gasteiger charge is 2.42. The minimum Gasteiger partial charge on any atom is -0.494 e. The Morgan fingerprint density at radius 1 is 1.10 bits per heavy atom. The van der Waals surface area contributed by atoms with E-state index in [9.17, 15) is 4.79 Å². The zero-order valence-corrected chi connectivity index (χ0v) is 25.1. The van der Waals surface area contributed by atoms with Gasteiger partial charge in [-0.15, -0.1) is 0 Å². The molecule has 212 valence electrons.